The largest absolute Gasteiger partial charge is 0.459 e. The van der Waals surface area contributed by atoms with E-state index in [4.69, 9.17) is 9.52 Å². The summed E-state index contributed by atoms with van der Waals surface area (Å²) in [4.78, 5) is 12.1. The minimum absolute atomic E-state index is 0.244. The Morgan fingerprint density at radius 3 is 2.60 bits per heavy atom. The lowest BCUT2D eigenvalue weighted by atomic mass is 10.2. The maximum atomic E-state index is 12.1. The zero-order chi connectivity index (χ0) is 17.1. The van der Waals surface area contributed by atoms with Crippen molar-refractivity contribution < 1.29 is 9.21 Å². The van der Waals surface area contributed by atoms with Crippen LogP contribution in [0.5, 0.6) is 0 Å². The SMILES string of the molecule is O=C(NCc1nn(Cc2ccccc2)c2ccccc12)c1ccco1. The summed E-state index contributed by atoms with van der Waals surface area (Å²) in [6.45, 7) is 1.04. The lowest BCUT2D eigenvalue weighted by Crippen LogP contribution is -2.22. The molecule has 4 rings (SSSR count). The van der Waals surface area contributed by atoms with Crippen LogP contribution in [0.25, 0.3) is 10.9 Å². The van der Waals surface area contributed by atoms with Crippen LogP contribution in [0.2, 0.25) is 0 Å². The third kappa shape index (κ3) is 3.17. The highest BCUT2D eigenvalue weighted by Crippen LogP contribution is 2.19. The third-order valence-electron chi connectivity index (χ3n) is 4.07. The fourth-order valence-electron chi connectivity index (χ4n) is 2.86. The molecule has 5 nitrogen and oxygen atoms in total. The molecule has 0 radical (unpaired) electrons. The van der Waals surface area contributed by atoms with Crippen molar-refractivity contribution in [1.82, 2.24) is 15.1 Å². The third-order valence-corrected chi connectivity index (χ3v) is 4.07. The summed E-state index contributed by atoms with van der Waals surface area (Å²) in [5, 5.41) is 8.61. The van der Waals surface area contributed by atoms with Crippen LogP contribution in [0.4, 0.5) is 0 Å². The van der Waals surface area contributed by atoms with Gasteiger partial charge in [-0.25, -0.2) is 0 Å². The molecule has 0 aliphatic carbocycles. The topological polar surface area (TPSA) is 60.1 Å². The second kappa shape index (κ2) is 6.65. The fourth-order valence-corrected chi connectivity index (χ4v) is 2.86. The number of nitrogens with one attached hydrogen (secondary N) is 1. The van der Waals surface area contributed by atoms with E-state index in [1.807, 2.05) is 47.1 Å². The number of nitrogens with zero attached hydrogens (tertiary/aromatic N) is 2. The molecule has 2 heterocycles. The number of carbonyl (C=O) groups is 1. The highest BCUT2D eigenvalue weighted by atomic mass is 16.3. The lowest BCUT2D eigenvalue weighted by molar-refractivity contribution is 0.0923. The summed E-state index contributed by atoms with van der Waals surface area (Å²) in [5.74, 6) is 0.0553. The predicted octanol–water partition coefficient (Wildman–Crippen LogP) is 3.61. The van der Waals surface area contributed by atoms with E-state index in [-0.39, 0.29) is 5.91 Å². The van der Waals surface area contributed by atoms with Gasteiger partial charge in [0, 0.05) is 5.39 Å². The van der Waals surface area contributed by atoms with Gasteiger partial charge in [-0.3, -0.25) is 9.48 Å². The van der Waals surface area contributed by atoms with Gasteiger partial charge < -0.3 is 9.73 Å². The molecule has 124 valence electrons. The maximum absolute atomic E-state index is 12.1. The normalized spacial score (nSPS) is 10.9. The number of amides is 1. The van der Waals surface area contributed by atoms with E-state index in [0.717, 1.165) is 16.6 Å². The summed E-state index contributed by atoms with van der Waals surface area (Å²) >= 11 is 0. The first-order valence-electron chi connectivity index (χ1n) is 8.11. The molecule has 0 fully saturated rings. The van der Waals surface area contributed by atoms with E-state index in [2.05, 4.69) is 17.4 Å². The summed E-state index contributed by atoms with van der Waals surface area (Å²) in [7, 11) is 0. The quantitative estimate of drug-likeness (QED) is 0.608. The summed E-state index contributed by atoms with van der Waals surface area (Å²) in [6, 6.07) is 21.6. The number of benzene rings is 2. The Morgan fingerprint density at radius 2 is 1.80 bits per heavy atom. The van der Waals surface area contributed by atoms with Crippen LogP contribution in [0.1, 0.15) is 21.8 Å². The minimum atomic E-state index is -0.244. The molecule has 25 heavy (non-hydrogen) atoms. The Labute approximate surface area is 144 Å². The Balaban J connectivity index is 1.60. The molecular formula is C20H17N3O2. The molecule has 2 aromatic heterocycles. The maximum Gasteiger partial charge on any atom is 0.287 e. The van der Waals surface area contributed by atoms with Crippen LogP contribution in [-0.4, -0.2) is 15.7 Å². The van der Waals surface area contributed by atoms with Crippen molar-refractivity contribution in [3.8, 4) is 0 Å². The minimum Gasteiger partial charge on any atom is -0.459 e. The molecule has 0 bridgehead atoms. The van der Waals surface area contributed by atoms with Gasteiger partial charge in [-0.1, -0.05) is 48.5 Å². The van der Waals surface area contributed by atoms with Crippen molar-refractivity contribution in [2.45, 2.75) is 13.1 Å². The van der Waals surface area contributed by atoms with E-state index < -0.39 is 0 Å². The number of fused-ring (bicyclic) bond motifs is 1. The first kappa shape index (κ1) is 15.2. The van der Waals surface area contributed by atoms with Crippen molar-refractivity contribution in [2.24, 2.45) is 0 Å². The first-order chi connectivity index (χ1) is 12.3. The van der Waals surface area contributed by atoms with Crippen LogP contribution in [-0.2, 0) is 13.1 Å². The average Bonchev–Trinajstić information content (AvgIpc) is 3.30. The number of rotatable bonds is 5. The van der Waals surface area contributed by atoms with E-state index in [1.54, 1.807) is 12.1 Å². The van der Waals surface area contributed by atoms with E-state index in [0.29, 0.717) is 18.8 Å². The smallest absolute Gasteiger partial charge is 0.287 e. The van der Waals surface area contributed by atoms with Gasteiger partial charge in [-0.15, -0.1) is 0 Å². The molecule has 5 heteroatoms. The summed E-state index contributed by atoms with van der Waals surface area (Å²) in [5.41, 5.74) is 3.07. The first-order valence-corrected chi connectivity index (χ1v) is 8.11. The van der Waals surface area contributed by atoms with Gasteiger partial charge in [-0.2, -0.15) is 5.10 Å². The Morgan fingerprint density at radius 1 is 1.00 bits per heavy atom. The van der Waals surface area contributed by atoms with E-state index in [1.165, 1.54) is 11.8 Å². The van der Waals surface area contributed by atoms with Gasteiger partial charge in [0.25, 0.3) is 5.91 Å². The molecule has 4 aromatic rings. The van der Waals surface area contributed by atoms with Crippen molar-refractivity contribution in [3.05, 3.63) is 90.0 Å². The molecule has 0 saturated heterocycles. The van der Waals surface area contributed by atoms with Crippen LogP contribution in [0.15, 0.2) is 77.4 Å². The number of carbonyl (C=O) groups excluding carboxylic acids is 1. The predicted molar refractivity (Wildman–Crippen MR) is 95.2 cm³/mol. The fraction of sp³-hybridized carbons (Fsp3) is 0.100. The van der Waals surface area contributed by atoms with Gasteiger partial charge in [-0.05, 0) is 23.8 Å². The second-order valence-corrected chi connectivity index (χ2v) is 5.77. The Hall–Kier alpha value is -3.34. The summed E-state index contributed by atoms with van der Waals surface area (Å²) in [6.07, 6.45) is 1.49. The molecule has 1 amide bonds. The number of aromatic nitrogens is 2. The average molecular weight is 331 g/mol. The number of para-hydroxylation sites is 1. The van der Waals surface area contributed by atoms with Gasteiger partial charge in [0.15, 0.2) is 5.76 Å². The highest BCUT2D eigenvalue weighted by molar-refractivity contribution is 5.91. The molecule has 0 aliphatic heterocycles. The number of hydrogen-bond acceptors (Lipinski definition) is 3. The molecule has 0 atom stereocenters. The van der Waals surface area contributed by atoms with Crippen LogP contribution in [0.3, 0.4) is 0 Å². The molecule has 0 aliphatic rings. The van der Waals surface area contributed by atoms with E-state index >= 15 is 0 Å². The molecule has 0 saturated carbocycles. The van der Waals surface area contributed by atoms with Crippen molar-refractivity contribution in [3.63, 3.8) is 0 Å². The van der Waals surface area contributed by atoms with Crippen molar-refractivity contribution in [2.75, 3.05) is 0 Å². The van der Waals surface area contributed by atoms with Crippen molar-refractivity contribution >= 4 is 16.8 Å². The molecule has 0 spiro atoms. The Bertz CT molecular complexity index is 988. The standard InChI is InChI=1S/C20H17N3O2/c24-20(19-11-6-12-25-19)21-13-17-16-9-4-5-10-18(16)23(22-17)14-15-7-2-1-3-8-15/h1-12H,13-14H2,(H,21,24). The molecule has 2 aromatic carbocycles. The van der Waals surface area contributed by atoms with Gasteiger partial charge in [0.1, 0.15) is 0 Å². The number of hydrogen-bond donors (Lipinski definition) is 1. The molecular weight excluding hydrogens is 314 g/mol. The molecule has 0 unspecified atom stereocenters. The van der Waals surface area contributed by atoms with Crippen LogP contribution < -0.4 is 5.32 Å². The van der Waals surface area contributed by atoms with Crippen LogP contribution in [0, 0.1) is 0 Å². The van der Waals surface area contributed by atoms with Gasteiger partial charge >= 0.3 is 0 Å². The van der Waals surface area contributed by atoms with E-state index in [9.17, 15) is 4.79 Å². The summed E-state index contributed by atoms with van der Waals surface area (Å²) < 4.78 is 7.09. The van der Waals surface area contributed by atoms with Crippen molar-refractivity contribution in [1.29, 1.82) is 0 Å². The van der Waals surface area contributed by atoms with Crippen LogP contribution >= 0.6 is 0 Å². The Kier molecular flexibility index (Phi) is 4.04. The molecule has 1 N–H and O–H groups in total. The zero-order valence-corrected chi connectivity index (χ0v) is 13.6. The number of furan rings is 1. The van der Waals surface area contributed by atoms with Gasteiger partial charge in [0.2, 0.25) is 0 Å². The monoisotopic (exact) mass is 331 g/mol. The second-order valence-electron chi connectivity index (χ2n) is 5.77. The van der Waals surface area contributed by atoms with Gasteiger partial charge in [0.05, 0.1) is 30.6 Å². The highest BCUT2D eigenvalue weighted by Gasteiger charge is 2.13. The lowest BCUT2D eigenvalue weighted by Gasteiger charge is -2.03. The zero-order valence-electron chi connectivity index (χ0n) is 13.6.